The Bertz CT molecular complexity index is 163. The molecule has 1 fully saturated rings. The fourth-order valence-corrected chi connectivity index (χ4v) is 1.35. The van der Waals surface area contributed by atoms with Crippen LogP contribution in [0.5, 0.6) is 0 Å². The summed E-state index contributed by atoms with van der Waals surface area (Å²) >= 11 is 0. The molecule has 0 aromatic rings. The van der Waals surface area contributed by atoms with Crippen molar-refractivity contribution in [2.45, 2.75) is 30.7 Å². The van der Waals surface area contributed by atoms with Gasteiger partial charge in [-0.25, -0.2) is 0 Å². The van der Waals surface area contributed by atoms with Gasteiger partial charge in [0, 0.05) is 7.11 Å². The normalized spacial score (nSPS) is 46.4. The van der Waals surface area contributed by atoms with Crippen LogP contribution in [0.1, 0.15) is 0 Å². The first-order valence-electron chi connectivity index (χ1n) is 3.95. The minimum absolute atomic E-state index is 0.440. The van der Waals surface area contributed by atoms with Crippen LogP contribution < -0.4 is 0 Å². The Hall–Kier alpha value is -0.240. The van der Waals surface area contributed by atoms with Crippen LogP contribution >= 0.6 is 0 Å². The molecule has 4 N–H and O–H groups in total. The van der Waals surface area contributed by atoms with Crippen molar-refractivity contribution in [1.29, 1.82) is 0 Å². The highest BCUT2D eigenvalue weighted by atomic mass is 16.6. The molecule has 1 aliphatic heterocycles. The van der Waals surface area contributed by atoms with Gasteiger partial charge in [-0.3, -0.25) is 0 Å². The first-order valence-corrected chi connectivity index (χ1v) is 3.95. The monoisotopic (exact) mass is 194 g/mol. The van der Waals surface area contributed by atoms with E-state index in [-0.39, 0.29) is 0 Å². The van der Waals surface area contributed by atoms with Gasteiger partial charge in [0.25, 0.3) is 0 Å². The molecule has 1 heterocycles. The summed E-state index contributed by atoms with van der Waals surface area (Å²) in [5.74, 6) is 0. The molecule has 1 aliphatic rings. The third kappa shape index (κ3) is 1.98. The molecule has 78 valence electrons. The van der Waals surface area contributed by atoms with Gasteiger partial charge in [-0.1, -0.05) is 0 Å². The molecule has 0 radical (unpaired) electrons. The maximum absolute atomic E-state index is 9.44. The Balaban J connectivity index is 2.69. The Morgan fingerprint density at radius 3 is 2.31 bits per heavy atom. The zero-order valence-electron chi connectivity index (χ0n) is 7.20. The minimum Gasteiger partial charge on any atom is -0.394 e. The van der Waals surface area contributed by atoms with E-state index in [0.717, 1.165) is 0 Å². The average molecular weight is 194 g/mol. The Labute approximate surface area is 75.3 Å². The van der Waals surface area contributed by atoms with Gasteiger partial charge in [0.05, 0.1) is 6.61 Å². The molecule has 5 atom stereocenters. The molecule has 6 nitrogen and oxygen atoms in total. The lowest BCUT2D eigenvalue weighted by molar-refractivity contribution is -0.290. The van der Waals surface area contributed by atoms with E-state index in [1.807, 2.05) is 0 Å². The SMILES string of the molecule is CO[C@@H]1[C@@H](O)[C@@H](O)O[C@H](CO)[C@@H]1O. The van der Waals surface area contributed by atoms with E-state index in [0.29, 0.717) is 0 Å². The van der Waals surface area contributed by atoms with E-state index >= 15 is 0 Å². The van der Waals surface area contributed by atoms with Crippen molar-refractivity contribution in [2.75, 3.05) is 13.7 Å². The fourth-order valence-electron chi connectivity index (χ4n) is 1.35. The topological polar surface area (TPSA) is 99.4 Å². The zero-order valence-corrected chi connectivity index (χ0v) is 7.20. The van der Waals surface area contributed by atoms with Gasteiger partial charge in [-0.15, -0.1) is 0 Å². The number of rotatable bonds is 2. The Morgan fingerprint density at radius 2 is 1.85 bits per heavy atom. The molecule has 0 aromatic heterocycles. The second-order valence-electron chi connectivity index (χ2n) is 2.93. The smallest absolute Gasteiger partial charge is 0.184 e. The lowest BCUT2D eigenvalue weighted by Crippen LogP contribution is -2.59. The van der Waals surface area contributed by atoms with Gasteiger partial charge in [0.15, 0.2) is 6.29 Å². The van der Waals surface area contributed by atoms with Crippen molar-refractivity contribution < 1.29 is 29.9 Å². The van der Waals surface area contributed by atoms with Gasteiger partial charge in [-0.2, -0.15) is 0 Å². The lowest BCUT2D eigenvalue weighted by atomic mass is 9.99. The third-order valence-electron chi connectivity index (χ3n) is 2.11. The zero-order chi connectivity index (χ0) is 10.0. The number of hydrogen-bond acceptors (Lipinski definition) is 6. The van der Waals surface area contributed by atoms with Crippen molar-refractivity contribution in [3.05, 3.63) is 0 Å². The van der Waals surface area contributed by atoms with Crippen molar-refractivity contribution in [3.63, 3.8) is 0 Å². The molecule has 0 amide bonds. The first-order chi connectivity index (χ1) is 6.11. The molecule has 0 aliphatic carbocycles. The average Bonchev–Trinajstić information content (AvgIpc) is 2.12. The van der Waals surface area contributed by atoms with Crippen LogP contribution in [0.3, 0.4) is 0 Å². The van der Waals surface area contributed by atoms with Gasteiger partial charge in [0.2, 0.25) is 0 Å². The highest BCUT2D eigenvalue weighted by Gasteiger charge is 2.43. The van der Waals surface area contributed by atoms with Crippen LogP contribution in [-0.2, 0) is 9.47 Å². The molecule has 1 rings (SSSR count). The number of ether oxygens (including phenoxy) is 2. The van der Waals surface area contributed by atoms with E-state index < -0.39 is 37.3 Å². The second kappa shape index (κ2) is 4.32. The predicted molar refractivity (Wildman–Crippen MR) is 40.8 cm³/mol. The highest BCUT2D eigenvalue weighted by molar-refractivity contribution is 4.89. The van der Waals surface area contributed by atoms with Gasteiger partial charge in [0.1, 0.15) is 24.4 Å². The van der Waals surface area contributed by atoms with E-state index in [9.17, 15) is 10.2 Å². The quantitative estimate of drug-likeness (QED) is 0.386. The number of aliphatic hydroxyl groups is 4. The molecule has 6 heteroatoms. The number of methoxy groups -OCH3 is 1. The minimum atomic E-state index is -1.44. The summed E-state index contributed by atoms with van der Waals surface area (Å²) in [5.41, 5.74) is 0. The largest absolute Gasteiger partial charge is 0.394 e. The molecule has 1 saturated heterocycles. The lowest BCUT2D eigenvalue weighted by Gasteiger charge is -2.39. The summed E-state index contributed by atoms with van der Waals surface area (Å²) in [7, 11) is 1.30. The van der Waals surface area contributed by atoms with Gasteiger partial charge < -0.3 is 29.9 Å². The Kier molecular flexibility index (Phi) is 3.60. The maximum atomic E-state index is 9.44. The molecule has 0 bridgehead atoms. The summed E-state index contributed by atoms with van der Waals surface area (Å²) in [6.07, 6.45) is -5.76. The molecule has 0 aromatic carbocycles. The van der Waals surface area contributed by atoms with E-state index in [4.69, 9.17) is 19.7 Å². The van der Waals surface area contributed by atoms with Crippen LogP contribution in [-0.4, -0.2) is 64.8 Å². The summed E-state index contributed by atoms with van der Waals surface area (Å²) in [4.78, 5) is 0. The van der Waals surface area contributed by atoms with Crippen LogP contribution in [0.2, 0.25) is 0 Å². The van der Waals surface area contributed by atoms with E-state index in [2.05, 4.69) is 0 Å². The number of hydrogen-bond donors (Lipinski definition) is 4. The molecule has 0 saturated carbocycles. The summed E-state index contributed by atoms with van der Waals surface area (Å²) in [6, 6.07) is 0. The highest BCUT2D eigenvalue weighted by Crippen LogP contribution is 2.21. The summed E-state index contributed by atoms with van der Waals surface area (Å²) < 4.78 is 9.48. The van der Waals surface area contributed by atoms with E-state index in [1.54, 1.807) is 0 Å². The fraction of sp³-hybridized carbons (Fsp3) is 1.00. The molecule has 13 heavy (non-hydrogen) atoms. The standard InChI is InChI=1S/C7H14O6/c1-12-6-4(9)3(2-8)13-7(11)5(6)10/h3-11H,2H2,1H3/t3-,4+,5-,6+,7+/m1/s1. The van der Waals surface area contributed by atoms with Crippen molar-refractivity contribution in [3.8, 4) is 0 Å². The number of aliphatic hydroxyl groups excluding tert-OH is 4. The van der Waals surface area contributed by atoms with Crippen molar-refractivity contribution in [1.82, 2.24) is 0 Å². The Morgan fingerprint density at radius 1 is 1.23 bits per heavy atom. The van der Waals surface area contributed by atoms with Gasteiger partial charge >= 0.3 is 0 Å². The third-order valence-corrected chi connectivity index (χ3v) is 2.11. The predicted octanol–water partition coefficient (Wildman–Crippen LogP) is -2.57. The molecule has 0 spiro atoms. The van der Waals surface area contributed by atoms with Crippen LogP contribution in [0.4, 0.5) is 0 Å². The summed E-state index contributed by atoms with van der Waals surface area (Å²) in [6.45, 7) is -0.440. The van der Waals surface area contributed by atoms with Crippen LogP contribution in [0.15, 0.2) is 0 Å². The molecular formula is C7H14O6. The molecular weight excluding hydrogens is 180 g/mol. The van der Waals surface area contributed by atoms with Gasteiger partial charge in [-0.05, 0) is 0 Å². The van der Waals surface area contributed by atoms with E-state index in [1.165, 1.54) is 7.11 Å². The van der Waals surface area contributed by atoms with Crippen molar-refractivity contribution in [2.24, 2.45) is 0 Å². The van der Waals surface area contributed by atoms with Crippen LogP contribution in [0, 0.1) is 0 Å². The van der Waals surface area contributed by atoms with Crippen molar-refractivity contribution >= 4 is 0 Å². The molecule has 0 unspecified atom stereocenters. The first kappa shape index (κ1) is 10.8. The second-order valence-corrected chi connectivity index (χ2v) is 2.93. The van der Waals surface area contributed by atoms with Crippen LogP contribution in [0.25, 0.3) is 0 Å². The summed E-state index contributed by atoms with van der Waals surface area (Å²) in [5, 5.41) is 36.6. The maximum Gasteiger partial charge on any atom is 0.184 e.